The molecule has 27 heavy (non-hydrogen) atoms. The Balaban J connectivity index is 1.53. The highest BCUT2D eigenvalue weighted by atomic mass is 16.5. The maximum atomic E-state index is 12.4. The average molecular weight is 369 g/mol. The Bertz CT molecular complexity index is 773. The van der Waals surface area contributed by atoms with Crippen LogP contribution in [-0.4, -0.2) is 37.7 Å². The lowest BCUT2D eigenvalue weighted by atomic mass is 10.1. The van der Waals surface area contributed by atoms with Gasteiger partial charge in [0.15, 0.2) is 11.5 Å². The van der Waals surface area contributed by atoms with Crippen LogP contribution in [0.1, 0.15) is 41.6 Å². The van der Waals surface area contributed by atoms with Gasteiger partial charge in [0.05, 0.1) is 25.5 Å². The Labute approximate surface area is 160 Å². The lowest BCUT2D eigenvalue weighted by molar-refractivity contribution is 0.0954. The molecule has 1 aliphatic rings. The van der Waals surface area contributed by atoms with Gasteiger partial charge < -0.3 is 20.1 Å². The third kappa shape index (κ3) is 5.12. The summed E-state index contributed by atoms with van der Waals surface area (Å²) in [6.45, 7) is 0.536. The topological polar surface area (TPSA) is 72.5 Å². The van der Waals surface area contributed by atoms with E-state index in [4.69, 9.17) is 9.47 Å². The molecule has 1 amide bonds. The van der Waals surface area contributed by atoms with Gasteiger partial charge in [-0.05, 0) is 43.0 Å². The van der Waals surface area contributed by atoms with E-state index in [9.17, 15) is 4.79 Å². The van der Waals surface area contributed by atoms with E-state index in [0.717, 1.165) is 11.3 Å². The number of carbonyl (C=O) groups excluding carboxylic acids is 1. The Hall–Kier alpha value is -2.76. The predicted molar refractivity (Wildman–Crippen MR) is 106 cm³/mol. The molecule has 144 valence electrons. The van der Waals surface area contributed by atoms with Gasteiger partial charge in [0.1, 0.15) is 0 Å². The molecule has 1 aromatic heterocycles. The monoisotopic (exact) mass is 369 g/mol. The lowest BCUT2D eigenvalue weighted by Gasteiger charge is -2.14. The number of methoxy groups -OCH3 is 2. The summed E-state index contributed by atoms with van der Waals surface area (Å²) in [6, 6.07) is 8.14. The van der Waals surface area contributed by atoms with Crippen LogP contribution in [0.4, 0.5) is 5.69 Å². The zero-order chi connectivity index (χ0) is 19.1. The molecule has 3 rings (SSSR count). The molecule has 2 N–H and O–H groups in total. The molecule has 6 nitrogen and oxygen atoms in total. The lowest BCUT2D eigenvalue weighted by Crippen LogP contribution is -2.26. The molecular formula is C21H27N3O3. The fraction of sp³-hybridized carbons (Fsp3) is 0.429. The van der Waals surface area contributed by atoms with Gasteiger partial charge in [-0.15, -0.1) is 0 Å². The summed E-state index contributed by atoms with van der Waals surface area (Å²) >= 11 is 0. The van der Waals surface area contributed by atoms with Gasteiger partial charge in [0.2, 0.25) is 0 Å². The first kappa shape index (κ1) is 19.0. The smallest absolute Gasteiger partial charge is 0.252 e. The van der Waals surface area contributed by atoms with Crippen molar-refractivity contribution < 1.29 is 14.3 Å². The summed E-state index contributed by atoms with van der Waals surface area (Å²) in [5, 5.41) is 6.43. The summed E-state index contributed by atoms with van der Waals surface area (Å²) in [5.41, 5.74) is 2.56. The van der Waals surface area contributed by atoms with Crippen molar-refractivity contribution in [3.63, 3.8) is 0 Å². The summed E-state index contributed by atoms with van der Waals surface area (Å²) in [5.74, 6) is 1.28. The molecule has 0 saturated heterocycles. The number of nitrogens with one attached hydrogen (secondary N) is 2. The molecule has 1 saturated carbocycles. The molecule has 0 radical (unpaired) electrons. The first-order valence-electron chi connectivity index (χ1n) is 9.40. The standard InChI is InChI=1S/C21H27N3O3/c1-26-19-8-7-15(11-20(19)27-2)9-10-23-21(25)16-12-18(14-22-13-16)24-17-5-3-4-6-17/h7-8,11-14,17,24H,3-6,9-10H2,1-2H3,(H,23,25). The van der Waals surface area contributed by atoms with Crippen LogP contribution in [0.5, 0.6) is 11.5 Å². The van der Waals surface area contributed by atoms with Crippen molar-refractivity contribution in [3.8, 4) is 11.5 Å². The van der Waals surface area contributed by atoms with Gasteiger partial charge in [-0.25, -0.2) is 0 Å². The average Bonchev–Trinajstić information content (AvgIpc) is 3.21. The normalized spacial score (nSPS) is 14.0. The molecule has 0 bridgehead atoms. The highest BCUT2D eigenvalue weighted by molar-refractivity contribution is 5.94. The molecule has 0 aliphatic heterocycles. The number of ether oxygens (including phenoxy) is 2. The first-order chi connectivity index (χ1) is 13.2. The number of aromatic nitrogens is 1. The quantitative estimate of drug-likeness (QED) is 0.746. The molecule has 1 aromatic carbocycles. The molecule has 1 heterocycles. The van der Waals surface area contributed by atoms with Crippen molar-refractivity contribution >= 4 is 11.6 Å². The SMILES string of the molecule is COc1ccc(CCNC(=O)c2cncc(NC3CCCC3)c2)cc1OC. The van der Waals surface area contributed by atoms with E-state index in [2.05, 4.69) is 15.6 Å². The molecule has 1 aliphatic carbocycles. The molecule has 6 heteroatoms. The fourth-order valence-electron chi connectivity index (χ4n) is 3.41. The predicted octanol–water partition coefficient (Wildman–Crippen LogP) is 3.43. The van der Waals surface area contributed by atoms with Crippen LogP contribution >= 0.6 is 0 Å². The molecule has 0 atom stereocenters. The van der Waals surface area contributed by atoms with Crippen LogP contribution in [0.2, 0.25) is 0 Å². The number of rotatable bonds is 8. The van der Waals surface area contributed by atoms with Crippen molar-refractivity contribution in [2.24, 2.45) is 0 Å². The van der Waals surface area contributed by atoms with Crippen molar-refractivity contribution in [1.29, 1.82) is 0 Å². The van der Waals surface area contributed by atoms with E-state index >= 15 is 0 Å². The Morgan fingerprint density at radius 1 is 1.11 bits per heavy atom. The van der Waals surface area contributed by atoms with Crippen molar-refractivity contribution in [1.82, 2.24) is 10.3 Å². The Kier molecular flexibility index (Phi) is 6.52. The minimum Gasteiger partial charge on any atom is -0.493 e. The van der Waals surface area contributed by atoms with Gasteiger partial charge in [0, 0.05) is 25.0 Å². The summed E-state index contributed by atoms with van der Waals surface area (Å²) < 4.78 is 10.6. The third-order valence-electron chi connectivity index (χ3n) is 4.87. The number of hydrogen-bond acceptors (Lipinski definition) is 5. The van der Waals surface area contributed by atoms with Gasteiger partial charge in [0.25, 0.3) is 5.91 Å². The maximum Gasteiger partial charge on any atom is 0.252 e. The van der Waals surface area contributed by atoms with Crippen LogP contribution in [0.15, 0.2) is 36.7 Å². The molecule has 2 aromatic rings. The number of benzene rings is 1. The fourth-order valence-corrected chi connectivity index (χ4v) is 3.41. The van der Waals surface area contributed by atoms with Gasteiger partial charge in [-0.2, -0.15) is 0 Å². The number of amides is 1. The van der Waals surface area contributed by atoms with Crippen LogP contribution in [0, 0.1) is 0 Å². The van der Waals surface area contributed by atoms with Gasteiger partial charge >= 0.3 is 0 Å². The van der Waals surface area contributed by atoms with Gasteiger partial charge in [-0.3, -0.25) is 9.78 Å². The second-order valence-corrected chi connectivity index (χ2v) is 6.78. The van der Waals surface area contributed by atoms with E-state index in [1.807, 2.05) is 24.3 Å². The zero-order valence-corrected chi connectivity index (χ0v) is 16.0. The van der Waals surface area contributed by atoms with Crippen LogP contribution in [0.3, 0.4) is 0 Å². The first-order valence-corrected chi connectivity index (χ1v) is 9.40. The van der Waals surface area contributed by atoms with Crippen molar-refractivity contribution in [3.05, 3.63) is 47.8 Å². The van der Waals surface area contributed by atoms with E-state index in [-0.39, 0.29) is 5.91 Å². The third-order valence-corrected chi connectivity index (χ3v) is 4.87. The molecule has 0 spiro atoms. The second-order valence-electron chi connectivity index (χ2n) is 6.78. The molecule has 0 unspecified atom stereocenters. The highest BCUT2D eigenvalue weighted by Gasteiger charge is 2.15. The number of carbonyl (C=O) groups is 1. The number of pyridine rings is 1. The van der Waals surface area contributed by atoms with E-state index in [0.29, 0.717) is 36.1 Å². The minimum absolute atomic E-state index is 0.113. The minimum atomic E-state index is -0.113. The Morgan fingerprint density at radius 3 is 2.63 bits per heavy atom. The van der Waals surface area contributed by atoms with Crippen molar-refractivity contribution in [2.75, 3.05) is 26.1 Å². The van der Waals surface area contributed by atoms with Crippen LogP contribution < -0.4 is 20.1 Å². The second kappa shape index (κ2) is 9.26. The number of hydrogen-bond donors (Lipinski definition) is 2. The zero-order valence-electron chi connectivity index (χ0n) is 16.0. The van der Waals surface area contributed by atoms with E-state index in [1.54, 1.807) is 26.6 Å². The number of anilines is 1. The molecular weight excluding hydrogens is 342 g/mol. The van der Waals surface area contributed by atoms with Gasteiger partial charge in [-0.1, -0.05) is 18.9 Å². The maximum absolute atomic E-state index is 12.4. The van der Waals surface area contributed by atoms with E-state index in [1.165, 1.54) is 25.7 Å². The highest BCUT2D eigenvalue weighted by Crippen LogP contribution is 2.27. The summed E-state index contributed by atoms with van der Waals surface area (Å²) in [4.78, 5) is 16.6. The summed E-state index contributed by atoms with van der Waals surface area (Å²) in [7, 11) is 3.23. The molecule has 1 fully saturated rings. The number of nitrogens with zero attached hydrogens (tertiary/aromatic N) is 1. The summed E-state index contributed by atoms with van der Waals surface area (Å²) in [6.07, 6.45) is 8.98. The van der Waals surface area contributed by atoms with Crippen LogP contribution in [0.25, 0.3) is 0 Å². The Morgan fingerprint density at radius 2 is 1.89 bits per heavy atom. The van der Waals surface area contributed by atoms with E-state index < -0.39 is 0 Å². The van der Waals surface area contributed by atoms with Crippen molar-refractivity contribution in [2.45, 2.75) is 38.1 Å². The van der Waals surface area contributed by atoms with Crippen LogP contribution in [-0.2, 0) is 6.42 Å². The largest absolute Gasteiger partial charge is 0.493 e.